The van der Waals surface area contributed by atoms with E-state index in [0.29, 0.717) is 5.69 Å². The molecule has 2 N–H and O–H groups in total. The van der Waals surface area contributed by atoms with Gasteiger partial charge >= 0.3 is 12.3 Å². The van der Waals surface area contributed by atoms with Gasteiger partial charge in [0.1, 0.15) is 5.75 Å². The highest BCUT2D eigenvalue weighted by atomic mass is 19.4. The molecule has 0 atom stereocenters. The van der Waals surface area contributed by atoms with Gasteiger partial charge in [0.15, 0.2) is 6.07 Å². The molecule has 0 aliphatic heterocycles. The first-order chi connectivity index (χ1) is 7.90. The number of carbonyl (C=O) groups excluding carboxylic acids is 1. The fourth-order valence-electron chi connectivity index (χ4n) is 0.897. The molecule has 1 rings (SSSR count). The van der Waals surface area contributed by atoms with Crippen LogP contribution in [0.2, 0.25) is 0 Å². The van der Waals surface area contributed by atoms with E-state index in [0.717, 1.165) is 12.1 Å². The molecule has 5 nitrogen and oxygen atoms in total. The summed E-state index contributed by atoms with van der Waals surface area (Å²) >= 11 is 0. The largest absolute Gasteiger partial charge is 0.573 e. The van der Waals surface area contributed by atoms with E-state index < -0.39 is 12.3 Å². The molecule has 0 unspecified atom stereocenters. The molecular weight excluding hydrogens is 239 g/mol. The first-order valence-electron chi connectivity index (χ1n) is 4.22. The Hall–Kier alpha value is -2.43. The van der Waals surface area contributed by atoms with Crippen molar-refractivity contribution in [2.45, 2.75) is 6.36 Å². The Morgan fingerprint density at radius 3 is 2.35 bits per heavy atom. The summed E-state index contributed by atoms with van der Waals surface area (Å²) in [5, 5.41) is 8.14. The lowest BCUT2D eigenvalue weighted by Gasteiger charge is -2.09. The van der Waals surface area contributed by atoms with Crippen LogP contribution in [0.4, 0.5) is 18.9 Å². The van der Waals surface area contributed by atoms with Crippen molar-refractivity contribution >= 4 is 11.6 Å². The standard InChI is InChI=1S/C9H6F3N3O2/c10-9(11,12)17-7-3-1-6(2-4-7)14-15-8(16)5-13/h1-4,14H,(H,15,16). The first-order valence-corrected chi connectivity index (χ1v) is 4.22. The van der Waals surface area contributed by atoms with Gasteiger partial charge in [-0.3, -0.25) is 15.6 Å². The van der Waals surface area contributed by atoms with Crippen molar-refractivity contribution in [3.05, 3.63) is 24.3 Å². The van der Waals surface area contributed by atoms with Crippen LogP contribution in [0, 0.1) is 11.3 Å². The second-order valence-electron chi connectivity index (χ2n) is 2.76. The number of alkyl halides is 3. The monoisotopic (exact) mass is 245 g/mol. The van der Waals surface area contributed by atoms with Gasteiger partial charge in [0, 0.05) is 0 Å². The molecule has 0 aliphatic carbocycles. The van der Waals surface area contributed by atoms with E-state index in [1.54, 1.807) is 0 Å². The number of rotatable bonds is 3. The number of halogens is 3. The molecule has 90 valence electrons. The molecule has 1 aromatic rings. The fraction of sp³-hybridized carbons (Fsp3) is 0.111. The van der Waals surface area contributed by atoms with Crippen LogP contribution >= 0.6 is 0 Å². The number of ether oxygens (including phenoxy) is 1. The third-order valence-corrected chi connectivity index (χ3v) is 1.51. The van der Waals surface area contributed by atoms with E-state index in [2.05, 4.69) is 10.2 Å². The van der Waals surface area contributed by atoms with Gasteiger partial charge in [-0.2, -0.15) is 5.26 Å². The average Bonchev–Trinajstić information content (AvgIpc) is 2.25. The molecule has 0 saturated heterocycles. The Morgan fingerprint density at radius 2 is 1.88 bits per heavy atom. The molecule has 1 amide bonds. The van der Waals surface area contributed by atoms with Crippen LogP contribution in [0.15, 0.2) is 24.3 Å². The van der Waals surface area contributed by atoms with E-state index in [1.807, 2.05) is 5.43 Å². The summed E-state index contributed by atoms with van der Waals surface area (Å²) in [6, 6.07) is 5.92. The van der Waals surface area contributed by atoms with E-state index >= 15 is 0 Å². The number of anilines is 1. The van der Waals surface area contributed by atoms with Crippen LogP contribution in [0.3, 0.4) is 0 Å². The molecular formula is C9H6F3N3O2. The molecule has 1 aromatic carbocycles. The van der Waals surface area contributed by atoms with Crippen molar-refractivity contribution in [1.29, 1.82) is 5.26 Å². The van der Waals surface area contributed by atoms with Crippen LogP contribution in [-0.2, 0) is 4.79 Å². The van der Waals surface area contributed by atoms with Crippen molar-refractivity contribution in [3.63, 3.8) is 0 Å². The van der Waals surface area contributed by atoms with Gasteiger partial charge in [-0.05, 0) is 24.3 Å². The minimum absolute atomic E-state index is 0.308. The van der Waals surface area contributed by atoms with Gasteiger partial charge < -0.3 is 4.74 Å². The summed E-state index contributed by atoms with van der Waals surface area (Å²) in [5.74, 6) is -1.30. The lowest BCUT2D eigenvalue weighted by molar-refractivity contribution is -0.274. The van der Waals surface area contributed by atoms with E-state index in [9.17, 15) is 18.0 Å². The lowest BCUT2D eigenvalue weighted by atomic mass is 10.3. The minimum atomic E-state index is -4.75. The molecule has 0 heterocycles. The minimum Gasteiger partial charge on any atom is -0.406 e. The summed E-state index contributed by atoms with van der Waals surface area (Å²) in [6.45, 7) is 0. The Morgan fingerprint density at radius 1 is 1.29 bits per heavy atom. The highest BCUT2D eigenvalue weighted by Crippen LogP contribution is 2.23. The molecule has 8 heteroatoms. The number of nitriles is 1. The summed E-state index contributed by atoms with van der Waals surface area (Å²) in [7, 11) is 0. The molecule has 0 spiro atoms. The Kier molecular flexibility index (Phi) is 3.77. The first kappa shape index (κ1) is 12.6. The van der Waals surface area contributed by atoms with Crippen molar-refractivity contribution in [2.75, 3.05) is 5.43 Å². The maximum atomic E-state index is 11.8. The van der Waals surface area contributed by atoms with Gasteiger partial charge in [0.05, 0.1) is 5.69 Å². The summed E-state index contributed by atoms with van der Waals surface area (Å²) in [6.07, 6.45) is -4.75. The predicted molar refractivity (Wildman–Crippen MR) is 50.5 cm³/mol. The van der Waals surface area contributed by atoms with Crippen molar-refractivity contribution < 1.29 is 22.7 Å². The van der Waals surface area contributed by atoms with Gasteiger partial charge in [-0.15, -0.1) is 13.2 Å². The topological polar surface area (TPSA) is 74.2 Å². The lowest BCUT2D eigenvalue weighted by Crippen LogP contribution is -2.27. The number of hydrogen-bond donors (Lipinski definition) is 2. The number of benzene rings is 1. The van der Waals surface area contributed by atoms with Gasteiger partial charge in [0.2, 0.25) is 0 Å². The average molecular weight is 245 g/mol. The van der Waals surface area contributed by atoms with Gasteiger partial charge in [0.25, 0.3) is 0 Å². The number of carbonyl (C=O) groups is 1. The highest BCUT2D eigenvalue weighted by Gasteiger charge is 2.30. The summed E-state index contributed by atoms with van der Waals surface area (Å²) < 4.78 is 39.1. The second kappa shape index (κ2) is 5.07. The maximum Gasteiger partial charge on any atom is 0.573 e. The number of nitrogens with one attached hydrogen (secondary N) is 2. The molecule has 0 bridgehead atoms. The van der Waals surface area contributed by atoms with Crippen LogP contribution in [0.5, 0.6) is 5.75 Å². The molecule has 0 saturated carbocycles. The fourth-order valence-corrected chi connectivity index (χ4v) is 0.897. The molecule has 0 aliphatic rings. The molecule has 0 fully saturated rings. The Labute approximate surface area is 93.8 Å². The highest BCUT2D eigenvalue weighted by molar-refractivity contribution is 5.91. The van der Waals surface area contributed by atoms with E-state index in [4.69, 9.17) is 5.26 Å². The zero-order valence-electron chi connectivity index (χ0n) is 8.21. The third-order valence-electron chi connectivity index (χ3n) is 1.51. The quantitative estimate of drug-likeness (QED) is 0.625. The number of amides is 1. The van der Waals surface area contributed by atoms with E-state index in [1.165, 1.54) is 18.2 Å². The SMILES string of the molecule is N#CC(=O)NNc1ccc(OC(F)(F)F)cc1. The Balaban J connectivity index is 2.57. The number of hydrazine groups is 1. The Bertz CT molecular complexity index is 436. The molecule has 0 aromatic heterocycles. The maximum absolute atomic E-state index is 11.8. The van der Waals surface area contributed by atoms with Crippen LogP contribution < -0.4 is 15.6 Å². The van der Waals surface area contributed by atoms with Gasteiger partial charge in [-0.25, -0.2) is 0 Å². The van der Waals surface area contributed by atoms with Crippen LogP contribution in [0.1, 0.15) is 0 Å². The number of nitrogens with zero attached hydrogens (tertiary/aromatic N) is 1. The molecule has 17 heavy (non-hydrogen) atoms. The smallest absolute Gasteiger partial charge is 0.406 e. The third kappa shape index (κ3) is 4.74. The van der Waals surface area contributed by atoms with Gasteiger partial charge in [-0.1, -0.05) is 0 Å². The molecule has 0 radical (unpaired) electrons. The van der Waals surface area contributed by atoms with Crippen LogP contribution in [-0.4, -0.2) is 12.3 Å². The van der Waals surface area contributed by atoms with E-state index in [-0.39, 0.29) is 5.75 Å². The van der Waals surface area contributed by atoms with Crippen molar-refractivity contribution in [1.82, 2.24) is 5.43 Å². The number of hydrogen-bond acceptors (Lipinski definition) is 4. The predicted octanol–water partition coefficient (Wildman–Crippen LogP) is 1.55. The summed E-state index contributed by atoms with van der Waals surface area (Å²) in [5.41, 5.74) is 4.64. The van der Waals surface area contributed by atoms with Crippen molar-refractivity contribution in [3.8, 4) is 11.8 Å². The van der Waals surface area contributed by atoms with Crippen molar-refractivity contribution in [2.24, 2.45) is 0 Å². The van der Waals surface area contributed by atoms with Crippen LogP contribution in [0.25, 0.3) is 0 Å². The second-order valence-corrected chi connectivity index (χ2v) is 2.76. The zero-order chi connectivity index (χ0) is 12.9. The summed E-state index contributed by atoms with van der Waals surface area (Å²) in [4.78, 5) is 10.5. The zero-order valence-corrected chi connectivity index (χ0v) is 8.21. The normalized spacial score (nSPS) is 10.2.